The van der Waals surface area contributed by atoms with Crippen molar-refractivity contribution in [2.75, 3.05) is 21.2 Å². The van der Waals surface area contributed by atoms with Crippen LogP contribution in [0.2, 0.25) is 0 Å². The van der Waals surface area contributed by atoms with Crippen LogP contribution >= 0.6 is 0 Å². The minimum absolute atomic E-state index is 0.145. The third-order valence-electron chi connectivity index (χ3n) is 4.25. The highest BCUT2D eigenvalue weighted by Crippen LogP contribution is 2.38. The summed E-state index contributed by atoms with van der Waals surface area (Å²) in [6.45, 7) is 2.66. The van der Waals surface area contributed by atoms with Crippen molar-refractivity contribution in [3.8, 4) is 5.75 Å². The van der Waals surface area contributed by atoms with Gasteiger partial charge in [0, 0.05) is 6.54 Å². The molecule has 1 aromatic heterocycles. The molecule has 1 aliphatic rings. The largest absolute Gasteiger partial charge is 0.493 e. The first kappa shape index (κ1) is 14.1. The predicted molar refractivity (Wildman–Crippen MR) is 73.7 cm³/mol. The second-order valence-corrected chi connectivity index (χ2v) is 5.34. The maximum absolute atomic E-state index is 13.0. The molecule has 1 saturated carbocycles. The quantitative estimate of drug-likeness (QED) is 0.764. The molecular formula is C14H23N3O2. The van der Waals surface area contributed by atoms with Gasteiger partial charge in [-0.3, -0.25) is 14.4 Å². The van der Waals surface area contributed by atoms with Crippen molar-refractivity contribution in [2.45, 2.75) is 44.7 Å². The molecule has 0 amide bonds. The number of nitrogens with zero attached hydrogens (tertiary/aromatic N) is 3. The molecule has 0 spiro atoms. The molecule has 1 heterocycles. The molecule has 1 aromatic rings. The van der Waals surface area contributed by atoms with E-state index < -0.39 is 0 Å². The Bertz CT molecular complexity index is 438. The standard InChI is InChI=1S/C14H23N3O2/c1-5-17-12(11(19-4)10-15-17)13(18)14(16(2)3)8-6-7-9-14/h10H,5-9H2,1-4H3. The van der Waals surface area contributed by atoms with Crippen LogP contribution in [-0.2, 0) is 6.54 Å². The summed E-state index contributed by atoms with van der Waals surface area (Å²) in [6.07, 6.45) is 5.67. The van der Waals surface area contributed by atoms with Crippen LogP contribution in [0, 0.1) is 0 Å². The van der Waals surface area contributed by atoms with Crippen LogP contribution in [0.25, 0.3) is 0 Å². The Balaban J connectivity index is 2.45. The van der Waals surface area contributed by atoms with Gasteiger partial charge in [0.15, 0.2) is 5.75 Å². The third kappa shape index (κ3) is 2.16. The first-order chi connectivity index (χ1) is 9.06. The van der Waals surface area contributed by atoms with Crippen molar-refractivity contribution in [2.24, 2.45) is 0 Å². The smallest absolute Gasteiger partial charge is 0.204 e. The number of hydrogen-bond acceptors (Lipinski definition) is 4. The Hall–Kier alpha value is -1.36. The topological polar surface area (TPSA) is 47.4 Å². The van der Waals surface area contributed by atoms with Crippen molar-refractivity contribution in [3.63, 3.8) is 0 Å². The fraction of sp³-hybridized carbons (Fsp3) is 0.714. The predicted octanol–water partition coefficient (Wildman–Crippen LogP) is 1.97. The highest BCUT2D eigenvalue weighted by atomic mass is 16.5. The number of carbonyl (C=O) groups is 1. The molecule has 0 unspecified atom stereocenters. The summed E-state index contributed by atoms with van der Waals surface area (Å²) in [5.74, 6) is 0.728. The van der Waals surface area contributed by atoms with Crippen molar-refractivity contribution in [1.29, 1.82) is 0 Å². The average molecular weight is 265 g/mol. The zero-order valence-corrected chi connectivity index (χ0v) is 12.3. The summed E-state index contributed by atoms with van der Waals surface area (Å²) in [6, 6.07) is 0. The number of hydrogen-bond donors (Lipinski definition) is 0. The Morgan fingerprint density at radius 2 is 2.11 bits per heavy atom. The van der Waals surface area contributed by atoms with E-state index in [1.807, 2.05) is 21.0 Å². The van der Waals surface area contributed by atoms with Crippen LogP contribution < -0.4 is 4.74 Å². The van der Waals surface area contributed by atoms with Gasteiger partial charge in [0.1, 0.15) is 5.69 Å². The Kier molecular flexibility index (Phi) is 3.94. The van der Waals surface area contributed by atoms with Gasteiger partial charge >= 0.3 is 0 Å². The van der Waals surface area contributed by atoms with Gasteiger partial charge in [-0.05, 0) is 33.9 Å². The summed E-state index contributed by atoms with van der Waals surface area (Å²) in [5, 5.41) is 4.24. The van der Waals surface area contributed by atoms with Gasteiger partial charge in [-0.25, -0.2) is 0 Å². The Labute approximate surface area is 114 Å². The van der Waals surface area contributed by atoms with E-state index in [0.717, 1.165) is 25.7 Å². The lowest BCUT2D eigenvalue weighted by molar-refractivity contribution is 0.0678. The SMILES string of the molecule is CCn1ncc(OC)c1C(=O)C1(N(C)C)CCCC1. The molecular weight excluding hydrogens is 242 g/mol. The van der Waals surface area contributed by atoms with Crippen LogP contribution in [0.5, 0.6) is 5.75 Å². The number of ketones is 1. The number of ether oxygens (including phenoxy) is 1. The van der Waals surface area contributed by atoms with Crippen LogP contribution in [0.4, 0.5) is 0 Å². The highest BCUT2D eigenvalue weighted by molar-refractivity contribution is 6.04. The number of aromatic nitrogens is 2. The summed E-state index contributed by atoms with van der Waals surface area (Å²) in [5.41, 5.74) is 0.223. The first-order valence-electron chi connectivity index (χ1n) is 6.89. The van der Waals surface area contributed by atoms with E-state index in [2.05, 4.69) is 10.00 Å². The lowest BCUT2D eigenvalue weighted by Crippen LogP contribution is -2.49. The van der Waals surface area contributed by atoms with Gasteiger partial charge in [-0.15, -0.1) is 0 Å². The van der Waals surface area contributed by atoms with E-state index in [0.29, 0.717) is 18.0 Å². The van der Waals surface area contributed by atoms with Gasteiger partial charge in [-0.1, -0.05) is 12.8 Å². The number of carbonyl (C=O) groups excluding carboxylic acids is 1. The third-order valence-corrected chi connectivity index (χ3v) is 4.25. The monoisotopic (exact) mass is 265 g/mol. The molecule has 1 aliphatic carbocycles. The molecule has 19 heavy (non-hydrogen) atoms. The Morgan fingerprint density at radius 1 is 1.47 bits per heavy atom. The highest BCUT2D eigenvalue weighted by Gasteiger charge is 2.45. The molecule has 2 rings (SSSR count). The van der Waals surface area contributed by atoms with Gasteiger partial charge in [0.25, 0.3) is 0 Å². The van der Waals surface area contributed by atoms with Crippen molar-refractivity contribution >= 4 is 5.78 Å². The zero-order chi connectivity index (χ0) is 14.0. The number of aryl methyl sites for hydroxylation is 1. The van der Waals surface area contributed by atoms with Crippen molar-refractivity contribution in [3.05, 3.63) is 11.9 Å². The van der Waals surface area contributed by atoms with E-state index in [4.69, 9.17) is 4.74 Å². The van der Waals surface area contributed by atoms with Crippen LogP contribution in [0.3, 0.4) is 0 Å². The fourth-order valence-corrected chi connectivity index (χ4v) is 3.04. The molecule has 0 bridgehead atoms. The second-order valence-electron chi connectivity index (χ2n) is 5.34. The van der Waals surface area contributed by atoms with E-state index in [1.54, 1.807) is 18.0 Å². The number of rotatable bonds is 5. The van der Waals surface area contributed by atoms with Gasteiger partial charge in [0.05, 0.1) is 18.8 Å². The molecule has 0 aliphatic heterocycles. The molecule has 0 N–H and O–H groups in total. The minimum Gasteiger partial charge on any atom is -0.493 e. The summed E-state index contributed by atoms with van der Waals surface area (Å²) in [4.78, 5) is 15.1. The van der Waals surface area contributed by atoms with E-state index in [1.165, 1.54) is 0 Å². The summed E-state index contributed by atoms with van der Waals surface area (Å²) < 4.78 is 7.05. The average Bonchev–Trinajstić information content (AvgIpc) is 3.04. The van der Waals surface area contributed by atoms with Crippen LogP contribution in [-0.4, -0.2) is 47.2 Å². The van der Waals surface area contributed by atoms with Crippen molar-refractivity contribution in [1.82, 2.24) is 14.7 Å². The maximum atomic E-state index is 13.0. The zero-order valence-electron chi connectivity index (χ0n) is 12.3. The number of Topliss-reactive ketones (excluding diaryl/α,β-unsaturated/α-hetero) is 1. The van der Waals surface area contributed by atoms with E-state index in [9.17, 15) is 4.79 Å². The molecule has 5 heteroatoms. The second kappa shape index (κ2) is 5.33. The summed E-state index contributed by atoms with van der Waals surface area (Å²) in [7, 11) is 5.56. The molecule has 0 radical (unpaired) electrons. The first-order valence-corrected chi connectivity index (χ1v) is 6.89. The van der Waals surface area contributed by atoms with Gasteiger partial charge in [0.2, 0.25) is 5.78 Å². The van der Waals surface area contributed by atoms with E-state index >= 15 is 0 Å². The molecule has 106 valence electrons. The van der Waals surface area contributed by atoms with Gasteiger partial charge in [-0.2, -0.15) is 5.10 Å². The van der Waals surface area contributed by atoms with Gasteiger partial charge < -0.3 is 4.74 Å². The number of methoxy groups -OCH3 is 1. The van der Waals surface area contributed by atoms with Crippen LogP contribution in [0.15, 0.2) is 6.20 Å². The van der Waals surface area contributed by atoms with E-state index in [-0.39, 0.29) is 11.3 Å². The lowest BCUT2D eigenvalue weighted by Gasteiger charge is -2.34. The van der Waals surface area contributed by atoms with Crippen LogP contribution in [0.1, 0.15) is 43.1 Å². The molecule has 0 atom stereocenters. The molecule has 0 saturated heterocycles. The lowest BCUT2D eigenvalue weighted by atomic mass is 9.88. The maximum Gasteiger partial charge on any atom is 0.204 e. The molecule has 1 fully saturated rings. The Morgan fingerprint density at radius 3 is 2.58 bits per heavy atom. The molecule has 5 nitrogen and oxygen atoms in total. The fourth-order valence-electron chi connectivity index (χ4n) is 3.04. The van der Waals surface area contributed by atoms with Crippen molar-refractivity contribution < 1.29 is 9.53 Å². The normalized spacial score (nSPS) is 17.9. The summed E-state index contributed by atoms with van der Waals surface area (Å²) >= 11 is 0. The minimum atomic E-state index is -0.389. The molecule has 0 aromatic carbocycles. The number of likely N-dealkylation sites (N-methyl/N-ethyl adjacent to an activating group) is 1.